The zero-order valence-corrected chi connectivity index (χ0v) is 9.62. The van der Waals surface area contributed by atoms with E-state index in [0.29, 0.717) is 6.54 Å². The molecule has 0 bridgehead atoms. The number of ether oxygens (including phenoxy) is 1. The van der Waals surface area contributed by atoms with Crippen molar-refractivity contribution in [1.82, 2.24) is 10.2 Å². The zero-order valence-electron chi connectivity index (χ0n) is 9.62. The number of hydrogen-bond acceptors (Lipinski definition) is 4. The summed E-state index contributed by atoms with van der Waals surface area (Å²) in [6, 6.07) is 0. The maximum atomic E-state index is 10.8. The van der Waals surface area contributed by atoms with Gasteiger partial charge in [-0.3, -0.25) is 10.1 Å². The summed E-state index contributed by atoms with van der Waals surface area (Å²) < 4.78 is 5.53. The highest BCUT2D eigenvalue weighted by atomic mass is 16.5. The normalized spacial score (nSPS) is 24.1. The molecule has 2 N–H and O–H groups in total. The third-order valence-corrected chi connectivity index (χ3v) is 2.65. The molecule has 5 nitrogen and oxygen atoms in total. The van der Waals surface area contributed by atoms with Crippen LogP contribution in [0.4, 0.5) is 0 Å². The molecule has 1 aliphatic rings. The predicted molar refractivity (Wildman–Crippen MR) is 57.0 cm³/mol. The molecule has 1 heterocycles. The van der Waals surface area contributed by atoms with Gasteiger partial charge in [0.25, 0.3) is 0 Å². The lowest BCUT2D eigenvalue weighted by Crippen LogP contribution is -2.53. The molecule has 1 atom stereocenters. The summed E-state index contributed by atoms with van der Waals surface area (Å²) in [7, 11) is 2.04. The average Bonchev–Trinajstić information content (AvgIpc) is 2.15. The van der Waals surface area contributed by atoms with E-state index in [9.17, 15) is 4.79 Å². The van der Waals surface area contributed by atoms with Crippen molar-refractivity contribution in [3.05, 3.63) is 0 Å². The fourth-order valence-corrected chi connectivity index (χ4v) is 1.43. The Morgan fingerprint density at radius 2 is 2.33 bits per heavy atom. The second kappa shape index (κ2) is 4.92. The first-order chi connectivity index (χ1) is 6.92. The first-order valence-corrected chi connectivity index (χ1v) is 5.20. The van der Waals surface area contributed by atoms with Crippen molar-refractivity contribution in [3.63, 3.8) is 0 Å². The Labute approximate surface area is 90.4 Å². The van der Waals surface area contributed by atoms with Gasteiger partial charge in [-0.15, -0.1) is 0 Å². The molecule has 88 valence electrons. The molecule has 1 fully saturated rings. The fraction of sp³-hybridized carbons (Fsp3) is 0.900. The Morgan fingerprint density at radius 1 is 1.67 bits per heavy atom. The number of nitrogens with one attached hydrogen (secondary N) is 1. The van der Waals surface area contributed by atoms with E-state index >= 15 is 0 Å². The lowest BCUT2D eigenvalue weighted by atomic mass is 10.1. The topological polar surface area (TPSA) is 61.8 Å². The molecule has 0 amide bonds. The molecule has 0 aromatic carbocycles. The zero-order chi connectivity index (χ0) is 11.5. The molecule has 1 saturated heterocycles. The van der Waals surface area contributed by atoms with Crippen LogP contribution in [0.1, 0.15) is 13.8 Å². The van der Waals surface area contributed by atoms with E-state index in [2.05, 4.69) is 10.2 Å². The monoisotopic (exact) mass is 216 g/mol. The number of carboxylic acid groups (broad SMARTS) is 1. The SMILES string of the molecule is CN1CCOC(CNC(C)(C)C(=O)O)C1. The first-order valence-electron chi connectivity index (χ1n) is 5.20. The van der Waals surface area contributed by atoms with E-state index < -0.39 is 11.5 Å². The summed E-state index contributed by atoms with van der Waals surface area (Å²) in [5.41, 5.74) is -0.890. The van der Waals surface area contributed by atoms with Crippen molar-refractivity contribution in [1.29, 1.82) is 0 Å². The van der Waals surface area contributed by atoms with E-state index in [1.807, 2.05) is 7.05 Å². The third kappa shape index (κ3) is 3.77. The molecule has 0 aliphatic carbocycles. The molecule has 0 saturated carbocycles. The Balaban J connectivity index is 2.33. The van der Waals surface area contributed by atoms with Crippen LogP contribution in [0.3, 0.4) is 0 Å². The molecule has 1 rings (SSSR count). The molecule has 0 radical (unpaired) electrons. The Hall–Kier alpha value is -0.650. The van der Waals surface area contributed by atoms with Crippen molar-refractivity contribution in [3.8, 4) is 0 Å². The summed E-state index contributed by atoms with van der Waals surface area (Å²) in [6.45, 7) is 6.39. The number of aliphatic carboxylic acids is 1. The Bertz CT molecular complexity index is 231. The van der Waals surface area contributed by atoms with Gasteiger partial charge in [0, 0.05) is 19.6 Å². The lowest BCUT2D eigenvalue weighted by Gasteiger charge is -2.32. The molecular formula is C10H20N2O3. The van der Waals surface area contributed by atoms with Gasteiger partial charge in [-0.2, -0.15) is 0 Å². The third-order valence-electron chi connectivity index (χ3n) is 2.65. The van der Waals surface area contributed by atoms with Gasteiger partial charge in [0.15, 0.2) is 0 Å². The highest BCUT2D eigenvalue weighted by Gasteiger charge is 2.28. The molecular weight excluding hydrogens is 196 g/mol. The molecule has 0 aromatic rings. The minimum atomic E-state index is -0.890. The molecule has 1 unspecified atom stereocenters. The van der Waals surface area contributed by atoms with E-state index in [1.54, 1.807) is 13.8 Å². The number of morpholine rings is 1. The molecule has 0 aromatic heterocycles. The predicted octanol–water partition coefficient (Wildman–Crippen LogP) is -0.230. The van der Waals surface area contributed by atoms with Crippen LogP contribution < -0.4 is 5.32 Å². The van der Waals surface area contributed by atoms with Crippen LogP contribution >= 0.6 is 0 Å². The molecule has 15 heavy (non-hydrogen) atoms. The fourth-order valence-electron chi connectivity index (χ4n) is 1.43. The van der Waals surface area contributed by atoms with Crippen molar-refractivity contribution in [2.75, 3.05) is 33.3 Å². The highest BCUT2D eigenvalue weighted by Crippen LogP contribution is 2.06. The van der Waals surface area contributed by atoms with Crippen molar-refractivity contribution >= 4 is 5.97 Å². The van der Waals surface area contributed by atoms with Crippen LogP contribution in [0.2, 0.25) is 0 Å². The Morgan fingerprint density at radius 3 is 2.87 bits per heavy atom. The number of nitrogens with zero attached hydrogens (tertiary/aromatic N) is 1. The summed E-state index contributed by atoms with van der Waals surface area (Å²) in [5, 5.41) is 11.9. The second-order valence-electron chi connectivity index (χ2n) is 4.57. The van der Waals surface area contributed by atoms with E-state index in [4.69, 9.17) is 9.84 Å². The van der Waals surface area contributed by atoms with Crippen LogP contribution in [0.5, 0.6) is 0 Å². The van der Waals surface area contributed by atoms with Gasteiger partial charge in [0.2, 0.25) is 0 Å². The van der Waals surface area contributed by atoms with Crippen LogP contribution in [0.15, 0.2) is 0 Å². The molecule has 1 aliphatic heterocycles. The smallest absolute Gasteiger partial charge is 0.323 e. The average molecular weight is 216 g/mol. The van der Waals surface area contributed by atoms with Crippen LogP contribution in [0.25, 0.3) is 0 Å². The summed E-state index contributed by atoms with van der Waals surface area (Å²) in [4.78, 5) is 13.0. The number of rotatable bonds is 4. The van der Waals surface area contributed by atoms with Crippen LogP contribution in [-0.2, 0) is 9.53 Å². The standard InChI is InChI=1S/C10H20N2O3/c1-10(2,9(13)14)11-6-8-7-12(3)4-5-15-8/h8,11H,4-7H2,1-3H3,(H,13,14). The molecule has 0 spiro atoms. The quantitative estimate of drug-likeness (QED) is 0.679. The van der Waals surface area contributed by atoms with Gasteiger partial charge >= 0.3 is 5.97 Å². The van der Waals surface area contributed by atoms with E-state index in [0.717, 1.165) is 19.7 Å². The highest BCUT2D eigenvalue weighted by molar-refractivity contribution is 5.77. The van der Waals surface area contributed by atoms with Crippen molar-refractivity contribution in [2.24, 2.45) is 0 Å². The maximum Gasteiger partial charge on any atom is 0.323 e. The Kier molecular flexibility index (Phi) is 4.07. The van der Waals surface area contributed by atoms with Crippen molar-refractivity contribution in [2.45, 2.75) is 25.5 Å². The van der Waals surface area contributed by atoms with Crippen LogP contribution in [0, 0.1) is 0 Å². The van der Waals surface area contributed by atoms with Gasteiger partial charge in [0.1, 0.15) is 5.54 Å². The van der Waals surface area contributed by atoms with Gasteiger partial charge in [-0.05, 0) is 20.9 Å². The van der Waals surface area contributed by atoms with E-state index in [1.165, 1.54) is 0 Å². The maximum absolute atomic E-state index is 10.8. The second-order valence-corrected chi connectivity index (χ2v) is 4.57. The number of hydrogen-bond donors (Lipinski definition) is 2. The lowest BCUT2D eigenvalue weighted by molar-refractivity contribution is -0.143. The minimum absolute atomic E-state index is 0.0855. The van der Waals surface area contributed by atoms with Crippen LogP contribution in [-0.4, -0.2) is 60.9 Å². The first kappa shape index (κ1) is 12.4. The van der Waals surface area contributed by atoms with Gasteiger partial charge in [-0.25, -0.2) is 0 Å². The largest absolute Gasteiger partial charge is 0.480 e. The number of carboxylic acids is 1. The summed E-state index contributed by atoms with van der Waals surface area (Å²) >= 11 is 0. The number of carbonyl (C=O) groups is 1. The number of likely N-dealkylation sites (N-methyl/N-ethyl adjacent to an activating group) is 1. The van der Waals surface area contributed by atoms with Gasteiger partial charge in [-0.1, -0.05) is 0 Å². The summed E-state index contributed by atoms with van der Waals surface area (Å²) in [5.74, 6) is -0.841. The summed E-state index contributed by atoms with van der Waals surface area (Å²) in [6.07, 6.45) is 0.0855. The van der Waals surface area contributed by atoms with Crippen molar-refractivity contribution < 1.29 is 14.6 Å². The minimum Gasteiger partial charge on any atom is -0.480 e. The molecule has 5 heteroatoms. The van der Waals surface area contributed by atoms with Gasteiger partial charge in [0.05, 0.1) is 12.7 Å². The van der Waals surface area contributed by atoms with E-state index in [-0.39, 0.29) is 6.10 Å². The van der Waals surface area contributed by atoms with Gasteiger partial charge < -0.3 is 14.7 Å².